The van der Waals surface area contributed by atoms with Gasteiger partial charge in [0.1, 0.15) is 17.3 Å². The van der Waals surface area contributed by atoms with Gasteiger partial charge in [-0.3, -0.25) is 19.2 Å². The average Bonchev–Trinajstić information content (AvgIpc) is 3.30. The summed E-state index contributed by atoms with van der Waals surface area (Å²) in [7, 11) is 2.81. The van der Waals surface area contributed by atoms with Crippen molar-refractivity contribution >= 4 is 34.4 Å². The molecule has 4 rings (SSSR count). The van der Waals surface area contributed by atoms with Gasteiger partial charge in [0.2, 0.25) is 5.91 Å². The summed E-state index contributed by atoms with van der Waals surface area (Å²) in [4.78, 5) is 40.2. The molecule has 1 unspecified atom stereocenters. The molecule has 11 nitrogen and oxygen atoms in total. The summed E-state index contributed by atoms with van der Waals surface area (Å²) in [5, 5.41) is 10.7. The number of ether oxygens (including phenoxy) is 3. The van der Waals surface area contributed by atoms with Gasteiger partial charge in [-0.1, -0.05) is 30.3 Å². The minimum Gasteiger partial charge on any atom is -0.494 e. The minimum atomic E-state index is -0.913. The Bertz CT molecular complexity index is 1290. The summed E-state index contributed by atoms with van der Waals surface area (Å²) in [6.07, 6.45) is 0.259. The Morgan fingerprint density at radius 3 is 2.47 bits per heavy atom. The molecule has 2 heterocycles. The van der Waals surface area contributed by atoms with Crippen molar-refractivity contribution < 1.29 is 28.6 Å². The molecular formula is C27H33N5O6. The van der Waals surface area contributed by atoms with E-state index in [0.29, 0.717) is 48.6 Å². The van der Waals surface area contributed by atoms with Crippen molar-refractivity contribution in [2.45, 2.75) is 25.9 Å². The van der Waals surface area contributed by atoms with Crippen molar-refractivity contribution in [2.24, 2.45) is 0 Å². The van der Waals surface area contributed by atoms with Crippen molar-refractivity contribution in [3.05, 3.63) is 53.7 Å². The molecule has 1 aliphatic heterocycles. The van der Waals surface area contributed by atoms with Gasteiger partial charge in [0.25, 0.3) is 5.91 Å². The molecule has 0 aliphatic carbocycles. The van der Waals surface area contributed by atoms with Crippen LogP contribution in [0.1, 0.15) is 23.0 Å². The predicted octanol–water partition coefficient (Wildman–Crippen LogP) is 1.85. The van der Waals surface area contributed by atoms with E-state index >= 15 is 0 Å². The summed E-state index contributed by atoms with van der Waals surface area (Å²) >= 11 is 0. The van der Waals surface area contributed by atoms with E-state index in [1.165, 1.54) is 21.1 Å². The van der Waals surface area contributed by atoms with Gasteiger partial charge in [-0.2, -0.15) is 5.10 Å². The Balaban J connectivity index is 1.69. The fourth-order valence-corrected chi connectivity index (χ4v) is 4.51. The second-order valence-electron chi connectivity index (χ2n) is 9.02. The van der Waals surface area contributed by atoms with Crippen LogP contribution < -0.4 is 15.4 Å². The molecule has 0 spiro atoms. The summed E-state index contributed by atoms with van der Waals surface area (Å²) in [6.45, 7) is 5.59. The highest BCUT2D eigenvalue weighted by atomic mass is 16.5. The molecule has 2 N–H and O–H groups in total. The normalized spacial score (nSPS) is 14.6. The third-order valence-corrected chi connectivity index (χ3v) is 6.37. The molecule has 0 radical (unpaired) electrons. The Kier molecular flexibility index (Phi) is 8.93. The number of hydrogen-bond donors (Lipinski definition) is 2. The van der Waals surface area contributed by atoms with Crippen LogP contribution in [0.2, 0.25) is 0 Å². The van der Waals surface area contributed by atoms with Gasteiger partial charge in [-0.15, -0.1) is 0 Å². The highest BCUT2D eigenvalue weighted by Gasteiger charge is 2.27. The Morgan fingerprint density at radius 2 is 1.82 bits per heavy atom. The molecular weight excluding hydrogens is 490 g/mol. The van der Waals surface area contributed by atoms with Crippen molar-refractivity contribution in [3.8, 4) is 5.75 Å². The van der Waals surface area contributed by atoms with Crippen LogP contribution >= 0.6 is 0 Å². The molecule has 2 aromatic carbocycles. The van der Waals surface area contributed by atoms with Crippen LogP contribution in [0.3, 0.4) is 0 Å². The van der Waals surface area contributed by atoms with E-state index in [-0.39, 0.29) is 18.0 Å². The second kappa shape index (κ2) is 12.5. The van der Waals surface area contributed by atoms with Gasteiger partial charge in [-0.25, -0.2) is 4.79 Å². The van der Waals surface area contributed by atoms with E-state index in [4.69, 9.17) is 14.2 Å². The fraction of sp³-hybridized carbons (Fsp3) is 0.407. The lowest BCUT2D eigenvalue weighted by molar-refractivity contribution is -0.142. The van der Waals surface area contributed by atoms with E-state index in [2.05, 4.69) is 20.6 Å². The number of morpholine rings is 1. The standard InChI is InChI=1S/C27H33N5O6/c1-18(33)28-20-16-21-24(26(34)29-22(27(35)37-3)15-19-7-5-4-6-8-19)30-32(25(21)23(17-20)36-2)10-9-31-11-13-38-14-12-31/h4-8,16-17,22H,9-15H2,1-3H3,(H,28,33)(H,29,34). The number of rotatable bonds is 10. The zero-order valence-corrected chi connectivity index (χ0v) is 21.9. The SMILES string of the molecule is COC(=O)C(Cc1ccccc1)NC(=O)c1nn(CCN2CCOCC2)c2c(OC)cc(NC(C)=O)cc12. The summed E-state index contributed by atoms with van der Waals surface area (Å²) in [5.74, 6) is -0.887. The molecule has 0 bridgehead atoms. The lowest BCUT2D eigenvalue weighted by Crippen LogP contribution is -2.43. The zero-order chi connectivity index (χ0) is 27.1. The molecule has 2 amide bonds. The van der Waals surface area contributed by atoms with E-state index in [1.807, 2.05) is 30.3 Å². The number of aromatic nitrogens is 2. The number of methoxy groups -OCH3 is 2. The van der Waals surface area contributed by atoms with E-state index in [9.17, 15) is 14.4 Å². The van der Waals surface area contributed by atoms with E-state index < -0.39 is 17.9 Å². The Morgan fingerprint density at radius 1 is 1.08 bits per heavy atom. The van der Waals surface area contributed by atoms with Gasteiger partial charge in [0, 0.05) is 50.1 Å². The van der Waals surface area contributed by atoms with E-state index in [0.717, 1.165) is 18.7 Å². The second-order valence-corrected chi connectivity index (χ2v) is 9.02. The number of nitrogens with one attached hydrogen (secondary N) is 2. The number of esters is 1. The molecule has 3 aromatic rings. The first-order valence-electron chi connectivity index (χ1n) is 12.5. The van der Waals surface area contributed by atoms with Crippen LogP contribution in [-0.4, -0.2) is 85.6 Å². The first kappa shape index (κ1) is 27.1. The fourth-order valence-electron chi connectivity index (χ4n) is 4.51. The van der Waals surface area contributed by atoms with Gasteiger partial charge >= 0.3 is 5.97 Å². The smallest absolute Gasteiger partial charge is 0.328 e. The number of carbonyl (C=O) groups is 3. The van der Waals surface area contributed by atoms with Gasteiger partial charge in [-0.05, 0) is 11.6 Å². The molecule has 1 saturated heterocycles. The maximum Gasteiger partial charge on any atom is 0.328 e. The monoisotopic (exact) mass is 523 g/mol. The van der Waals surface area contributed by atoms with E-state index in [1.54, 1.807) is 16.8 Å². The molecule has 0 saturated carbocycles. The third kappa shape index (κ3) is 6.48. The number of fused-ring (bicyclic) bond motifs is 1. The van der Waals surface area contributed by atoms with Crippen LogP contribution in [0.15, 0.2) is 42.5 Å². The van der Waals surface area contributed by atoms with Crippen LogP contribution in [0.4, 0.5) is 5.69 Å². The average molecular weight is 524 g/mol. The lowest BCUT2D eigenvalue weighted by Gasteiger charge is -2.26. The van der Waals surface area contributed by atoms with Gasteiger partial charge < -0.3 is 24.8 Å². The van der Waals surface area contributed by atoms with Crippen molar-refractivity contribution in [1.82, 2.24) is 20.0 Å². The first-order valence-corrected chi connectivity index (χ1v) is 12.5. The van der Waals surface area contributed by atoms with Crippen LogP contribution in [0.5, 0.6) is 5.75 Å². The number of nitrogens with zero attached hydrogens (tertiary/aromatic N) is 3. The first-order chi connectivity index (χ1) is 18.4. The molecule has 38 heavy (non-hydrogen) atoms. The molecule has 1 aromatic heterocycles. The minimum absolute atomic E-state index is 0.120. The highest BCUT2D eigenvalue weighted by molar-refractivity contribution is 6.08. The number of carbonyl (C=O) groups excluding carboxylic acids is 3. The van der Waals surface area contributed by atoms with Gasteiger partial charge in [0.15, 0.2) is 5.69 Å². The largest absolute Gasteiger partial charge is 0.494 e. The highest BCUT2D eigenvalue weighted by Crippen LogP contribution is 2.32. The van der Waals surface area contributed by atoms with Crippen molar-refractivity contribution in [2.75, 3.05) is 52.4 Å². The summed E-state index contributed by atoms with van der Waals surface area (Å²) in [5.41, 5.74) is 2.09. The third-order valence-electron chi connectivity index (χ3n) is 6.37. The van der Waals surface area contributed by atoms with Crippen LogP contribution in [-0.2, 0) is 32.0 Å². The molecule has 1 aliphatic rings. The maximum absolute atomic E-state index is 13.6. The predicted molar refractivity (Wildman–Crippen MR) is 141 cm³/mol. The molecule has 11 heteroatoms. The maximum atomic E-state index is 13.6. The van der Waals surface area contributed by atoms with Gasteiger partial charge in [0.05, 0.1) is 34.0 Å². The summed E-state index contributed by atoms with van der Waals surface area (Å²) < 4.78 is 17.8. The lowest BCUT2D eigenvalue weighted by atomic mass is 10.1. The van der Waals surface area contributed by atoms with Crippen molar-refractivity contribution in [3.63, 3.8) is 0 Å². The number of amides is 2. The zero-order valence-electron chi connectivity index (χ0n) is 21.9. The number of anilines is 1. The molecule has 1 fully saturated rings. The number of hydrogen-bond acceptors (Lipinski definition) is 8. The Hall–Kier alpha value is -3.96. The summed E-state index contributed by atoms with van der Waals surface area (Å²) in [6, 6.07) is 11.8. The van der Waals surface area contributed by atoms with Crippen LogP contribution in [0, 0.1) is 0 Å². The van der Waals surface area contributed by atoms with Crippen molar-refractivity contribution in [1.29, 1.82) is 0 Å². The Labute approximate surface area is 221 Å². The number of benzene rings is 2. The quantitative estimate of drug-likeness (QED) is 0.386. The molecule has 202 valence electrons. The topological polar surface area (TPSA) is 124 Å². The molecule has 1 atom stereocenters. The van der Waals surface area contributed by atoms with Crippen LogP contribution in [0.25, 0.3) is 10.9 Å².